The molecule has 0 heterocycles. The maximum Gasteiger partial charge on any atom is 0.0577 e. The second-order valence-electron chi connectivity index (χ2n) is 5.05. The van der Waals surface area contributed by atoms with E-state index in [2.05, 4.69) is 18.2 Å². The first-order chi connectivity index (χ1) is 6.84. The standard InChI is InChI=1S/C13H18O/c14-11-5-6-13-10(8-11)7-9-3-1-2-4-12(9)13/h1-2,7,9,11-14H,3-6,8H2. The quantitative estimate of drug-likeness (QED) is 0.582. The van der Waals surface area contributed by atoms with Crippen molar-refractivity contribution in [1.29, 1.82) is 0 Å². The highest BCUT2D eigenvalue weighted by Gasteiger charge is 2.39. The molecule has 76 valence electrons. The van der Waals surface area contributed by atoms with Crippen molar-refractivity contribution in [2.75, 3.05) is 0 Å². The van der Waals surface area contributed by atoms with Crippen LogP contribution in [-0.2, 0) is 0 Å². The Morgan fingerprint density at radius 3 is 2.93 bits per heavy atom. The van der Waals surface area contributed by atoms with Crippen molar-refractivity contribution >= 4 is 0 Å². The number of hydrogen-bond donors (Lipinski definition) is 1. The van der Waals surface area contributed by atoms with Crippen molar-refractivity contribution in [3.8, 4) is 0 Å². The first kappa shape index (κ1) is 8.72. The average Bonchev–Trinajstić information content (AvgIpc) is 2.54. The minimum Gasteiger partial charge on any atom is -0.393 e. The normalized spacial score (nSPS) is 45.6. The van der Waals surface area contributed by atoms with Crippen LogP contribution in [0.4, 0.5) is 0 Å². The van der Waals surface area contributed by atoms with Crippen molar-refractivity contribution in [2.24, 2.45) is 17.8 Å². The van der Waals surface area contributed by atoms with E-state index < -0.39 is 0 Å². The zero-order valence-electron chi connectivity index (χ0n) is 8.52. The van der Waals surface area contributed by atoms with E-state index in [1.54, 1.807) is 5.57 Å². The predicted molar refractivity (Wildman–Crippen MR) is 56.8 cm³/mol. The largest absolute Gasteiger partial charge is 0.393 e. The third-order valence-electron chi connectivity index (χ3n) is 4.24. The summed E-state index contributed by atoms with van der Waals surface area (Å²) >= 11 is 0. The lowest BCUT2D eigenvalue weighted by molar-refractivity contribution is 0.125. The number of allylic oxidation sites excluding steroid dienone is 3. The van der Waals surface area contributed by atoms with Crippen molar-refractivity contribution in [3.05, 3.63) is 23.8 Å². The van der Waals surface area contributed by atoms with Gasteiger partial charge in [0.2, 0.25) is 0 Å². The highest BCUT2D eigenvalue weighted by Crippen LogP contribution is 2.48. The molecule has 0 aliphatic heterocycles. The van der Waals surface area contributed by atoms with Gasteiger partial charge in [0, 0.05) is 0 Å². The van der Waals surface area contributed by atoms with Crippen LogP contribution >= 0.6 is 0 Å². The molecule has 3 rings (SSSR count). The molecule has 1 heteroatoms. The van der Waals surface area contributed by atoms with Crippen LogP contribution in [-0.4, -0.2) is 11.2 Å². The molecule has 0 saturated heterocycles. The Balaban J connectivity index is 1.84. The van der Waals surface area contributed by atoms with Gasteiger partial charge < -0.3 is 5.11 Å². The number of aliphatic hydroxyl groups is 1. The van der Waals surface area contributed by atoms with E-state index in [9.17, 15) is 5.11 Å². The fourth-order valence-corrected chi connectivity index (χ4v) is 3.55. The second-order valence-corrected chi connectivity index (χ2v) is 5.05. The Hall–Kier alpha value is -0.560. The summed E-state index contributed by atoms with van der Waals surface area (Å²) in [5, 5.41) is 9.63. The zero-order valence-corrected chi connectivity index (χ0v) is 8.52. The van der Waals surface area contributed by atoms with E-state index in [0.717, 1.165) is 30.6 Å². The van der Waals surface area contributed by atoms with Crippen LogP contribution in [0.25, 0.3) is 0 Å². The summed E-state index contributed by atoms with van der Waals surface area (Å²) < 4.78 is 0. The Labute approximate surface area is 85.5 Å². The van der Waals surface area contributed by atoms with Crippen molar-refractivity contribution in [3.63, 3.8) is 0 Å². The summed E-state index contributed by atoms with van der Waals surface area (Å²) in [5.41, 5.74) is 1.57. The van der Waals surface area contributed by atoms with Gasteiger partial charge in [-0.15, -0.1) is 0 Å². The highest BCUT2D eigenvalue weighted by molar-refractivity contribution is 5.24. The van der Waals surface area contributed by atoms with Crippen LogP contribution in [0.5, 0.6) is 0 Å². The molecule has 0 spiro atoms. The monoisotopic (exact) mass is 190 g/mol. The molecule has 1 nitrogen and oxygen atoms in total. The molecule has 3 aliphatic carbocycles. The molecule has 14 heavy (non-hydrogen) atoms. The third kappa shape index (κ3) is 1.26. The van der Waals surface area contributed by atoms with Gasteiger partial charge in [0.15, 0.2) is 0 Å². The summed E-state index contributed by atoms with van der Waals surface area (Å²) in [7, 11) is 0. The van der Waals surface area contributed by atoms with Crippen LogP contribution in [0, 0.1) is 17.8 Å². The molecule has 3 aliphatic rings. The molecule has 4 unspecified atom stereocenters. The van der Waals surface area contributed by atoms with Crippen LogP contribution in [0.3, 0.4) is 0 Å². The van der Waals surface area contributed by atoms with Gasteiger partial charge in [0.05, 0.1) is 6.10 Å². The van der Waals surface area contributed by atoms with E-state index >= 15 is 0 Å². The number of rotatable bonds is 0. The minimum atomic E-state index is -0.0504. The first-order valence-corrected chi connectivity index (χ1v) is 5.88. The van der Waals surface area contributed by atoms with Gasteiger partial charge in [-0.1, -0.05) is 23.8 Å². The lowest BCUT2D eigenvalue weighted by Gasteiger charge is -2.32. The Morgan fingerprint density at radius 1 is 1.14 bits per heavy atom. The zero-order chi connectivity index (χ0) is 9.54. The van der Waals surface area contributed by atoms with Crippen LogP contribution < -0.4 is 0 Å². The maximum absolute atomic E-state index is 9.63. The fourth-order valence-electron chi connectivity index (χ4n) is 3.55. The molecule has 1 saturated carbocycles. The topological polar surface area (TPSA) is 20.2 Å². The van der Waals surface area contributed by atoms with Gasteiger partial charge in [0.25, 0.3) is 0 Å². The maximum atomic E-state index is 9.63. The summed E-state index contributed by atoms with van der Waals surface area (Å²) in [6, 6.07) is 0. The minimum absolute atomic E-state index is 0.0504. The van der Waals surface area contributed by atoms with Crippen molar-refractivity contribution in [2.45, 2.75) is 38.2 Å². The van der Waals surface area contributed by atoms with Gasteiger partial charge >= 0.3 is 0 Å². The van der Waals surface area contributed by atoms with E-state index in [0.29, 0.717) is 0 Å². The Kier molecular flexibility index (Phi) is 2.01. The fraction of sp³-hybridized carbons (Fsp3) is 0.692. The molecule has 1 fully saturated rings. The van der Waals surface area contributed by atoms with Gasteiger partial charge in [-0.3, -0.25) is 0 Å². The molecular weight excluding hydrogens is 172 g/mol. The molecule has 1 N–H and O–H groups in total. The molecule has 4 atom stereocenters. The Morgan fingerprint density at radius 2 is 2.00 bits per heavy atom. The van der Waals surface area contributed by atoms with Gasteiger partial charge in [-0.25, -0.2) is 0 Å². The lowest BCUT2D eigenvalue weighted by Crippen LogP contribution is -2.25. The third-order valence-corrected chi connectivity index (χ3v) is 4.24. The summed E-state index contributed by atoms with van der Waals surface area (Å²) in [6.07, 6.45) is 12.8. The molecule has 0 aromatic heterocycles. The van der Waals surface area contributed by atoms with Crippen molar-refractivity contribution in [1.82, 2.24) is 0 Å². The molecule has 0 amide bonds. The molecule has 0 radical (unpaired) electrons. The summed E-state index contributed by atoms with van der Waals surface area (Å²) in [4.78, 5) is 0. The SMILES string of the molecule is OC1CCC2C(=CC3CC=CCC32)C1. The number of aliphatic hydroxyl groups excluding tert-OH is 1. The molecule has 0 bridgehead atoms. The van der Waals surface area contributed by atoms with E-state index in [4.69, 9.17) is 0 Å². The van der Waals surface area contributed by atoms with E-state index in [1.165, 1.54) is 19.3 Å². The highest BCUT2D eigenvalue weighted by atomic mass is 16.3. The van der Waals surface area contributed by atoms with Gasteiger partial charge in [0.1, 0.15) is 0 Å². The van der Waals surface area contributed by atoms with Crippen LogP contribution in [0.15, 0.2) is 23.8 Å². The van der Waals surface area contributed by atoms with Crippen molar-refractivity contribution < 1.29 is 5.11 Å². The molecule has 0 aromatic rings. The smallest absolute Gasteiger partial charge is 0.0577 e. The second kappa shape index (κ2) is 3.23. The predicted octanol–water partition coefficient (Wildman–Crippen LogP) is 2.67. The van der Waals surface area contributed by atoms with E-state index in [1.807, 2.05) is 0 Å². The van der Waals surface area contributed by atoms with Crippen LogP contribution in [0.2, 0.25) is 0 Å². The molecule has 0 aromatic carbocycles. The van der Waals surface area contributed by atoms with Gasteiger partial charge in [-0.2, -0.15) is 0 Å². The number of hydrogen-bond acceptors (Lipinski definition) is 1. The lowest BCUT2D eigenvalue weighted by atomic mass is 9.74. The Bertz CT molecular complexity index is 290. The van der Waals surface area contributed by atoms with Crippen LogP contribution in [0.1, 0.15) is 32.1 Å². The van der Waals surface area contributed by atoms with Gasteiger partial charge in [-0.05, 0) is 49.9 Å². The average molecular weight is 190 g/mol. The molecular formula is C13H18O. The number of fused-ring (bicyclic) bond motifs is 3. The summed E-state index contributed by atoms with van der Waals surface area (Å²) in [6.45, 7) is 0. The van der Waals surface area contributed by atoms with E-state index in [-0.39, 0.29) is 6.10 Å². The first-order valence-electron chi connectivity index (χ1n) is 5.88. The summed E-state index contributed by atoms with van der Waals surface area (Å²) in [5.74, 6) is 2.49.